The van der Waals surface area contributed by atoms with Crippen LogP contribution in [-0.4, -0.2) is 20.7 Å². The number of aromatic nitrogens is 3. The third-order valence-corrected chi connectivity index (χ3v) is 3.44. The Hall–Kier alpha value is -1.69. The molecule has 2 aromatic heterocycles. The zero-order valence-corrected chi connectivity index (χ0v) is 13.5. The van der Waals surface area contributed by atoms with Crippen LogP contribution in [0.5, 0.6) is 0 Å². The number of nitrogens with one attached hydrogen (secondary N) is 1. The van der Waals surface area contributed by atoms with Crippen molar-refractivity contribution in [3.63, 3.8) is 0 Å². The number of carbonyl (C=O) groups excluding carboxylic acids is 1. The molecule has 1 N–H and O–H groups in total. The molecule has 0 fully saturated rings. The van der Waals surface area contributed by atoms with Gasteiger partial charge in [0.05, 0.1) is 17.1 Å². The molecule has 0 aliphatic carbocycles. The van der Waals surface area contributed by atoms with E-state index in [0.717, 1.165) is 17.1 Å². The van der Waals surface area contributed by atoms with Gasteiger partial charge in [0.2, 0.25) is 0 Å². The summed E-state index contributed by atoms with van der Waals surface area (Å²) in [6, 6.07) is 5.49. The van der Waals surface area contributed by atoms with Crippen molar-refractivity contribution in [1.29, 1.82) is 0 Å². The molecule has 1 amide bonds. The number of amides is 1. The van der Waals surface area contributed by atoms with Crippen LogP contribution < -0.4 is 5.32 Å². The maximum Gasteiger partial charge on any atom is 0.274 e. The third-order valence-electron chi connectivity index (χ3n) is 3.00. The largest absolute Gasteiger partial charge is 0.317 e. The molecule has 0 unspecified atom stereocenters. The normalized spacial score (nSPS) is 10.9. The Kier molecular flexibility index (Phi) is 4.23. The minimum absolute atomic E-state index is 0.235. The van der Waals surface area contributed by atoms with Crippen molar-refractivity contribution < 1.29 is 4.79 Å². The number of rotatable bonds is 3. The zero-order chi connectivity index (χ0) is 14.9. The van der Waals surface area contributed by atoms with Crippen LogP contribution >= 0.6 is 15.9 Å². The first-order chi connectivity index (χ1) is 9.40. The predicted octanol–water partition coefficient (Wildman–Crippen LogP) is 3.49. The first-order valence-corrected chi connectivity index (χ1v) is 7.19. The highest BCUT2D eigenvalue weighted by molar-refractivity contribution is 9.10. The molecular formula is C14H17BrN4O. The average molecular weight is 337 g/mol. The van der Waals surface area contributed by atoms with Crippen molar-refractivity contribution in [2.45, 2.75) is 33.7 Å². The molecule has 2 rings (SSSR count). The van der Waals surface area contributed by atoms with Gasteiger partial charge in [-0.3, -0.25) is 9.48 Å². The molecule has 106 valence electrons. The van der Waals surface area contributed by atoms with E-state index in [1.807, 2.05) is 18.5 Å². The second-order valence-electron chi connectivity index (χ2n) is 4.88. The highest BCUT2D eigenvalue weighted by Gasteiger charge is 2.17. The second kappa shape index (κ2) is 5.75. The number of pyridine rings is 1. The van der Waals surface area contributed by atoms with Gasteiger partial charge in [-0.1, -0.05) is 6.07 Å². The van der Waals surface area contributed by atoms with Crippen LogP contribution in [0.25, 0.3) is 0 Å². The maximum atomic E-state index is 12.2. The summed E-state index contributed by atoms with van der Waals surface area (Å²) in [6.07, 6.45) is 0. The summed E-state index contributed by atoms with van der Waals surface area (Å²) in [5, 5.41) is 7.34. The van der Waals surface area contributed by atoms with Gasteiger partial charge in [0.25, 0.3) is 5.91 Å². The van der Waals surface area contributed by atoms with Gasteiger partial charge in [-0.05, 0) is 55.8 Å². The van der Waals surface area contributed by atoms with Crippen LogP contribution in [0, 0.1) is 13.8 Å². The fourth-order valence-corrected chi connectivity index (χ4v) is 2.40. The molecule has 0 aromatic carbocycles. The van der Waals surface area contributed by atoms with Crippen molar-refractivity contribution in [1.82, 2.24) is 14.8 Å². The number of hydrogen-bond acceptors (Lipinski definition) is 3. The van der Waals surface area contributed by atoms with E-state index >= 15 is 0 Å². The van der Waals surface area contributed by atoms with Crippen molar-refractivity contribution in [2.75, 3.05) is 5.32 Å². The Labute approximate surface area is 126 Å². The second-order valence-corrected chi connectivity index (χ2v) is 5.70. The molecular weight excluding hydrogens is 320 g/mol. The zero-order valence-electron chi connectivity index (χ0n) is 11.9. The highest BCUT2D eigenvalue weighted by Crippen LogP contribution is 2.23. The van der Waals surface area contributed by atoms with Crippen LogP contribution in [0.15, 0.2) is 22.8 Å². The van der Waals surface area contributed by atoms with E-state index in [0.29, 0.717) is 10.3 Å². The van der Waals surface area contributed by atoms with Gasteiger partial charge >= 0.3 is 0 Å². The smallest absolute Gasteiger partial charge is 0.274 e. The van der Waals surface area contributed by atoms with E-state index in [9.17, 15) is 4.79 Å². The monoisotopic (exact) mass is 336 g/mol. The van der Waals surface area contributed by atoms with Crippen molar-refractivity contribution in [3.8, 4) is 0 Å². The Balaban J connectivity index is 2.29. The van der Waals surface area contributed by atoms with Crippen molar-refractivity contribution >= 4 is 27.5 Å². The summed E-state index contributed by atoms with van der Waals surface area (Å²) in [4.78, 5) is 16.4. The molecule has 0 aliphatic rings. The Bertz CT molecular complexity index is 649. The van der Waals surface area contributed by atoms with Gasteiger partial charge in [0.15, 0.2) is 0 Å². The quantitative estimate of drug-likeness (QED) is 0.872. The number of carbonyl (C=O) groups is 1. The number of aryl methyl sites for hydroxylation is 1. The molecule has 2 aromatic rings. The molecule has 0 radical (unpaired) electrons. The first-order valence-electron chi connectivity index (χ1n) is 6.39. The highest BCUT2D eigenvalue weighted by atomic mass is 79.9. The lowest BCUT2D eigenvalue weighted by molar-refractivity contribution is 0.102. The van der Waals surface area contributed by atoms with E-state index in [1.165, 1.54) is 0 Å². The average Bonchev–Trinajstić information content (AvgIpc) is 2.67. The van der Waals surface area contributed by atoms with Gasteiger partial charge in [-0.2, -0.15) is 5.10 Å². The van der Waals surface area contributed by atoms with Crippen LogP contribution in [0.2, 0.25) is 0 Å². The minimum Gasteiger partial charge on any atom is -0.317 e. The number of hydrogen-bond donors (Lipinski definition) is 1. The van der Waals surface area contributed by atoms with E-state index in [1.54, 1.807) is 18.2 Å². The molecule has 0 atom stereocenters. The number of anilines is 1. The number of halogens is 1. The lowest BCUT2D eigenvalue weighted by Gasteiger charge is -2.09. The molecule has 2 heterocycles. The van der Waals surface area contributed by atoms with E-state index in [4.69, 9.17) is 0 Å². The standard InChI is InChI=1S/C14H17BrN4O/c1-8(2)19-10(4)13(9(3)18-19)17-14(20)11-6-5-7-12(15)16-11/h5-8H,1-4H3,(H,17,20). The van der Waals surface area contributed by atoms with Gasteiger partial charge in [-0.25, -0.2) is 4.98 Å². The SMILES string of the molecule is Cc1nn(C(C)C)c(C)c1NC(=O)c1cccc(Br)n1. The summed E-state index contributed by atoms with van der Waals surface area (Å²) >= 11 is 3.26. The maximum absolute atomic E-state index is 12.2. The minimum atomic E-state index is -0.235. The van der Waals surface area contributed by atoms with Gasteiger partial charge in [0, 0.05) is 6.04 Å². The fraction of sp³-hybridized carbons (Fsp3) is 0.357. The van der Waals surface area contributed by atoms with Gasteiger partial charge < -0.3 is 5.32 Å². The lowest BCUT2D eigenvalue weighted by Crippen LogP contribution is -2.15. The molecule has 0 saturated heterocycles. The molecule has 0 aliphatic heterocycles. The molecule has 20 heavy (non-hydrogen) atoms. The Morgan fingerprint density at radius 3 is 2.60 bits per heavy atom. The molecule has 6 heteroatoms. The Morgan fingerprint density at radius 2 is 2.05 bits per heavy atom. The summed E-state index contributed by atoms with van der Waals surface area (Å²) in [5.41, 5.74) is 2.88. The summed E-state index contributed by atoms with van der Waals surface area (Å²) in [6.45, 7) is 7.95. The van der Waals surface area contributed by atoms with Gasteiger partial charge in [0.1, 0.15) is 10.3 Å². The molecule has 0 saturated carbocycles. The molecule has 0 spiro atoms. The number of nitrogens with zero attached hydrogens (tertiary/aromatic N) is 3. The third kappa shape index (κ3) is 2.90. The topological polar surface area (TPSA) is 59.8 Å². The summed E-state index contributed by atoms with van der Waals surface area (Å²) in [5.74, 6) is -0.235. The Morgan fingerprint density at radius 1 is 1.35 bits per heavy atom. The van der Waals surface area contributed by atoms with Crippen LogP contribution in [-0.2, 0) is 0 Å². The van der Waals surface area contributed by atoms with E-state index < -0.39 is 0 Å². The van der Waals surface area contributed by atoms with Crippen molar-refractivity contribution in [3.05, 3.63) is 39.9 Å². The van der Waals surface area contributed by atoms with Crippen LogP contribution in [0.1, 0.15) is 41.8 Å². The van der Waals surface area contributed by atoms with Gasteiger partial charge in [-0.15, -0.1) is 0 Å². The first kappa shape index (κ1) is 14.7. The summed E-state index contributed by atoms with van der Waals surface area (Å²) < 4.78 is 2.54. The molecule has 0 bridgehead atoms. The summed E-state index contributed by atoms with van der Waals surface area (Å²) in [7, 11) is 0. The molecule has 5 nitrogen and oxygen atoms in total. The van der Waals surface area contributed by atoms with E-state index in [-0.39, 0.29) is 11.9 Å². The lowest BCUT2D eigenvalue weighted by atomic mass is 10.2. The van der Waals surface area contributed by atoms with E-state index in [2.05, 4.69) is 45.2 Å². The van der Waals surface area contributed by atoms with Crippen molar-refractivity contribution in [2.24, 2.45) is 0 Å². The predicted molar refractivity (Wildman–Crippen MR) is 82.0 cm³/mol. The van der Waals surface area contributed by atoms with Crippen LogP contribution in [0.4, 0.5) is 5.69 Å². The fourth-order valence-electron chi connectivity index (χ4n) is 2.06. The van der Waals surface area contributed by atoms with Crippen LogP contribution in [0.3, 0.4) is 0 Å².